The highest BCUT2D eigenvalue weighted by Gasteiger charge is 2.18. The molecule has 88 valence electrons. The number of hydrogen-bond acceptors (Lipinski definition) is 3. The van der Waals surface area contributed by atoms with Crippen LogP contribution in [0.1, 0.15) is 17.4 Å². The number of aromatic amines is 1. The van der Waals surface area contributed by atoms with Gasteiger partial charge in [0.2, 0.25) is 0 Å². The van der Waals surface area contributed by atoms with Crippen molar-refractivity contribution in [2.24, 2.45) is 0 Å². The van der Waals surface area contributed by atoms with E-state index in [-0.39, 0.29) is 0 Å². The highest BCUT2D eigenvalue weighted by Crippen LogP contribution is 2.12. The third kappa shape index (κ3) is 2.92. The van der Waals surface area contributed by atoms with Gasteiger partial charge in [-0.05, 0) is 5.56 Å². The number of nitrogens with zero attached hydrogens (tertiary/aromatic N) is 1. The number of aliphatic carboxylic acids is 1. The molecule has 0 aliphatic rings. The molecule has 0 saturated carbocycles. The summed E-state index contributed by atoms with van der Waals surface area (Å²) in [5.41, 5.74) is 0.728. The lowest BCUT2D eigenvalue weighted by Crippen LogP contribution is -2.28. The Labute approximate surface area is 98.5 Å². The zero-order chi connectivity index (χ0) is 12.1. The van der Waals surface area contributed by atoms with E-state index in [2.05, 4.69) is 15.3 Å². The molecule has 2 aromatic rings. The molecule has 0 aliphatic heterocycles. The van der Waals surface area contributed by atoms with Gasteiger partial charge in [0.15, 0.2) is 0 Å². The standard InChI is InChI=1S/C12H13N3O2/c16-12(17)11(9-4-2-1-3-5-9)15-8-10-13-6-7-14-10/h1-7,11,15H,8H2,(H,13,14)(H,16,17). The summed E-state index contributed by atoms with van der Waals surface area (Å²) < 4.78 is 0. The lowest BCUT2D eigenvalue weighted by molar-refractivity contribution is -0.139. The maximum absolute atomic E-state index is 11.2. The Kier molecular flexibility index (Phi) is 3.52. The summed E-state index contributed by atoms with van der Waals surface area (Å²) in [6.07, 6.45) is 3.34. The lowest BCUT2D eigenvalue weighted by Gasteiger charge is -2.13. The Morgan fingerprint density at radius 3 is 2.76 bits per heavy atom. The number of benzene rings is 1. The number of nitrogens with one attached hydrogen (secondary N) is 2. The molecule has 17 heavy (non-hydrogen) atoms. The lowest BCUT2D eigenvalue weighted by atomic mass is 10.1. The monoisotopic (exact) mass is 231 g/mol. The quantitative estimate of drug-likeness (QED) is 0.725. The zero-order valence-corrected chi connectivity index (χ0v) is 9.13. The van der Waals surface area contributed by atoms with Crippen LogP contribution in [0.5, 0.6) is 0 Å². The number of imidazole rings is 1. The van der Waals surface area contributed by atoms with Crippen LogP contribution in [0.15, 0.2) is 42.7 Å². The third-order valence-electron chi connectivity index (χ3n) is 2.41. The van der Waals surface area contributed by atoms with Gasteiger partial charge < -0.3 is 10.1 Å². The van der Waals surface area contributed by atoms with Gasteiger partial charge in [0, 0.05) is 12.4 Å². The summed E-state index contributed by atoms with van der Waals surface area (Å²) in [6, 6.07) is 8.34. The van der Waals surface area contributed by atoms with Gasteiger partial charge >= 0.3 is 5.97 Å². The molecule has 5 heteroatoms. The fourth-order valence-electron chi connectivity index (χ4n) is 1.59. The van der Waals surface area contributed by atoms with Crippen molar-refractivity contribution in [2.45, 2.75) is 12.6 Å². The maximum Gasteiger partial charge on any atom is 0.325 e. The van der Waals surface area contributed by atoms with Crippen LogP contribution in [0, 0.1) is 0 Å². The van der Waals surface area contributed by atoms with Crippen molar-refractivity contribution >= 4 is 5.97 Å². The summed E-state index contributed by atoms with van der Waals surface area (Å²) in [5.74, 6) is -0.185. The summed E-state index contributed by atoms with van der Waals surface area (Å²) in [4.78, 5) is 18.1. The topological polar surface area (TPSA) is 78.0 Å². The van der Waals surface area contributed by atoms with E-state index < -0.39 is 12.0 Å². The van der Waals surface area contributed by atoms with Crippen molar-refractivity contribution < 1.29 is 9.90 Å². The molecular formula is C12H13N3O2. The first kappa shape index (κ1) is 11.3. The summed E-state index contributed by atoms with van der Waals surface area (Å²) >= 11 is 0. The number of aromatic nitrogens is 2. The van der Waals surface area contributed by atoms with Crippen molar-refractivity contribution in [2.75, 3.05) is 0 Å². The SMILES string of the molecule is O=C(O)C(NCc1ncc[nH]1)c1ccccc1. The second kappa shape index (κ2) is 5.27. The third-order valence-corrected chi connectivity index (χ3v) is 2.41. The van der Waals surface area contributed by atoms with Crippen molar-refractivity contribution in [1.82, 2.24) is 15.3 Å². The van der Waals surface area contributed by atoms with Crippen LogP contribution in [-0.4, -0.2) is 21.0 Å². The molecule has 0 bridgehead atoms. The first-order chi connectivity index (χ1) is 8.27. The average Bonchev–Trinajstić information content (AvgIpc) is 2.83. The van der Waals surface area contributed by atoms with Gasteiger partial charge in [-0.1, -0.05) is 30.3 Å². The first-order valence-electron chi connectivity index (χ1n) is 5.27. The average molecular weight is 231 g/mol. The van der Waals surface area contributed by atoms with Crippen molar-refractivity contribution in [3.63, 3.8) is 0 Å². The molecule has 0 aliphatic carbocycles. The van der Waals surface area contributed by atoms with Crippen LogP contribution in [0.3, 0.4) is 0 Å². The summed E-state index contributed by atoms with van der Waals surface area (Å²) in [7, 11) is 0. The summed E-state index contributed by atoms with van der Waals surface area (Å²) in [6.45, 7) is 0.388. The Morgan fingerprint density at radius 1 is 1.41 bits per heavy atom. The Balaban J connectivity index is 2.06. The van der Waals surface area contributed by atoms with Crippen LogP contribution < -0.4 is 5.32 Å². The number of H-pyrrole nitrogens is 1. The van der Waals surface area contributed by atoms with Crippen molar-refractivity contribution in [3.8, 4) is 0 Å². The second-order valence-electron chi connectivity index (χ2n) is 3.60. The van der Waals surface area contributed by atoms with Crippen LogP contribution in [0.25, 0.3) is 0 Å². The fourth-order valence-corrected chi connectivity index (χ4v) is 1.59. The van der Waals surface area contributed by atoms with Gasteiger partial charge in [0.25, 0.3) is 0 Å². The van der Waals surface area contributed by atoms with Gasteiger partial charge in [-0.25, -0.2) is 4.98 Å². The normalized spacial score (nSPS) is 12.2. The van der Waals surface area contributed by atoms with E-state index in [1.807, 2.05) is 18.2 Å². The van der Waals surface area contributed by atoms with Crippen LogP contribution in [0.4, 0.5) is 0 Å². The van der Waals surface area contributed by atoms with E-state index >= 15 is 0 Å². The second-order valence-corrected chi connectivity index (χ2v) is 3.60. The van der Waals surface area contributed by atoms with Crippen LogP contribution in [-0.2, 0) is 11.3 Å². The van der Waals surface area contributed by atoms with E-state index in [0.29, 0.717) is 12.4 Å². The molecule has 5 nitrogen and oxygen atoms in total. The molecule has 1 heterocycles. The minimum atomic E-state index is -0.900. The Morgan fingerprint density at radius 2 is 2.18 bits per heavy atom. The van der Waals surface area contributed by atoms with Crippen molar-refractivity contribution in [3.05, 3.63) is 54.1 Å². The maximum atomic E-state index is 11.2. The molecule has 1 aromatic heterocycles. The number of rotatable bonds is 5. The van der Waals surface area contributed by atoms with Crippen LogP contribution in [0.2, 0.25) is 0 Å². The van der Waals surface area contributed by atoms with Crippen LogP contribution >= 0.6 is 0 Å². The minimum Gasteiger partial charge on any atom is -0.480 e. The zero-order valence-electron chi connectivity index (χ0n) is 9.13. The van der Waals surface area contributed by atoms with Gasteiger partial charge in [0.1, 0.15) is 11.9 Å². The highest BCUT2D eigenvalue weighted by atomic mass is 16.4. The molecule has 2 rings (SSSR count). The molecule has 1 aromatic carbocycles. The highest BCUT2D eigenvalue weighted by molar-refractivity contribution is 5.75. The van der Waals surface area contributed by atoms with Gasteiger partial charge in [0.05, 0.1) is 6.54 Å². The number of carbonyl (C=O) groups is 1. The van der Waals surface area contributed by atoms with E-state index in [0.717, 1.165) is 5.56 Å². The summed E-state index contributed by atoms with van der Waals surface area (Å²) in [5, 5.41) is 12.1. The largest absolute Gasteiger partial charge is 0.480 e. The molecule has 3 N–H and O–H groups in total. The molecule has 1 atom stereocenters. The molecule has 1 unspecified atom stereocenters. The predicted octanol–water partition coefficient (Wildman–Crippen LogP) is 1.33. The molecule has 0 saturated heterocycles. The van der Waals surface area contributed by atoms with Gasteiger partial charge in [-0.3, -0.25) is 10.1 Å². The number of hydrogen-bond donors (Lipinski definition) is 3. The van der Waals surface area contributed by atoms with Gasteiger partial charge in [-0.2, -0.15) is 0 Å². The van der Waals surface area contributed by atoms with Crippen molar-refractivity contribution in [1.29, 1.82) is 0 Å². The Bertz CT molecular complexity index is 468. The van der Waals surface area contributed by atoms with E-state index in [9.17, 15) is 4.79 Å². The van der Waals surface area contributed by atoms with E-state index in [1.54, 1.807) is 24.5 Å². The molecule has 0 radical (unpaired) electrons. The Hall–Kier alpha value is -2.14. The van der Waals surface area contributed by atoms with E-state index in [4.69, 9.17) is 5.11 Å². The molecular weight excluding hydrogens is 218 g/mol. The minimum absolute atomic E-state index is 0.388. The first-order valence-corrected chi connectivity index (χ1v) is 5.27. The number of carboxylic acid groups (broad SMARTS) is 1. The molecule has 0 amide bonds. The molecule has 0 spiro atoms. The number of carboxylic acids is 1. The van der Waals surface area contributed by atoms with Gasteiger partial charge in [-0.15, -0.1) is 0 Å². The fraction of sp³-hybridized carbons (Fsp3) is 0.167. The predicted molar refractivity (Wildman–Crippen MR) is 62.2 cm³/mol. The molecule has 0 fully saturated rings. The van der Waals surface area contributed by atoms with E-state index in [1.165, 1.54) is 0 Å². The smallest absolute Gasteiger partial charge is 0.325 e.